The topological polar surface area (TPSA) is 12.0 Å². The molecular formula is C14H19F2N. The zero-order valence-corrected chi connectivity index (χ0v) is 10.2. The second-order valence-electron chi connectivity index (χ2n) is 5.00. The molecule has 0 amide bonds. The highest BCUT2D eigenvalue weighted by Gasteiger charge is 2.21. The van der Waals surface area contributed by atoms with E-state index < -0.39 is 5.92 Å². The largest absolute Gasteiger partial charge is 0.316 e. The third-order valence-corrected chi connectivity index (χ3v) is 3.34. The summed E-state index contributed by atoms with van der Waals surface area (Å²) >= 11 is 0. The minimum Gasteiger partial charge on any atom is -0.316 e. The number of rotatable bonds is 4. The van der Waals surface area contributed by atoms with Crippen molar-refractivity contribution in [1.29, 1.82) is 0 Å². The molecule has 0 radical (unpaired) electrons. The van der Waals surface area contributed by atoms with Crippen LogP contribution in [0.15, 0.2) is 24.3 Å². The van der Waals surface area contributed by atoms with E-state index in [9.17, 15) is 8.78 Å². The van der Waals surface area contributed by atoms with Gasteiger partial charge in [-0.15, -0.1) is 0 Å². The van der Waals surface area contributed by atoms with Crippen LogP contribution in [0, 0.1) is 0 Å². The second kappa shape index (κ2) is 5.13. The van der Waals surface area contributed by atoms with Crippen molar-refractivity contribution in [2.75, 3.05) is 13.1 Å². The van der Waals surface area contributed by atoms with E-state index >= 15 is 0 Å². The number of aryl methyl sites for hydroxylation is 1. The van der Waals surface area contributed by atoms with Gasteiger partial charge in [0.2, 0.25) is 5.92 Å². The molecule has 94 valence electrons. The molecule has 3 heteroatoms. The quantitative estimate of drug-likeness (QED) is 0.849. The van der Waals surface area contributed by atoms with Crippen molar-refractivity contribution in [3.63, 3.8) is 0 Å². The summed E-state index contributed by atoms with van der Waals surface area (Å²) in [5, 5.41) is 3.33. The van der Waals surface area contributed by atoms with Crippen LogP contribution in [0.25, 0.3) is 0 Å². The highest BCUT2D eigenvalue weighted by atomic mass is 19.3. The van der Waals surface area contributed by atoms with Gasteiger partial charge in [0.1, 0.15) is 0 Å². The fourth-order valence-corrected chi connectivity index (χ4v) is 2.31. The average molecular weight is 239 g/mol. The predicted molar refractivity (Wildman–Crippen MR) is 65.6 cm³/mol. The van der Waals surface area contributed by atoms with Crippen LogP contribution in [0.5, 0.6) is 0 Å². The van der Waals surface area contributed by atoms with Gasteiger partial charge in [0.25, 0.3) is 0 Å². The minimum atomic E-state index is -2.56. The lowest BCUT2D eigenvalue weighted by atomic mass is 9.95. The summed E-state index contributed by atoms with van der Waals surface area (Å²) in [6.07, 6.45) is 1.53. The highest BCUT2D eigenvalue weighted by Crippen LogP contribution is 2.25. The Hall–Kier alpha value is -0.960. The molecule has 0 aliphatic carbocycles. The predicted octanol–water partition coefficient (Wildman–Crippen LogP) is 3.35. The van der Waals surface area contributed by atoms with Crippen LogP contribution >= 0.6 is 0 Å². The summed E-state index contributed by atoms with van der Waals surface area (Å²) in [5.74, 6) is -2.01. The Morgan fingerprint density at radius 1 is 1.41 bits per heavy atom. The first-order valence-corrected chi connectivity index (χ1v) is 6.22. The lowest BCUT2D eigenvalue weighted by molar-refractivity contribution is 0.0133. The Kier molecular flexibility index (Phi) is 3.77. The molecule has 17 heavy (non-hydrogen) atoms. The van der Waals surface area contributed by atoms with Crippen molar-refractivity contribution in [1.82, 2.24) is 5.32 Å². The van der Waals surface area contributed by atoms with Crippen LogP contribution in [-0.4, -0.2) is 19.0 Å². The molecule has 0 aromatic heterocycles. The Morgan fingerprint density at radius 2 is 2.24 bits per heavy atom. The maximum absolute atomic E-state index is 12.8. The summed E-state index contributed by atoms with van der Waals surface area (Å²) < 4.78 is 25.6. The smallest absolute Gasteiger partial charge is 0.245 e. The Labute approximate surface area is 101 Å². The molecule has 1 N–H and O–H groups in total. The number of hydrogen-bond donors (Lipinski definition) is 1. The van der Waals surface area contributed by atoms with Crippen LogP contribution in [0.4, 0.5) is 8.78 Å². The summed E-state index contributed by atoms with van der Waals surface area (Å²) in [6, 6.07) is 8.11. The summed E-state index contributed by atoms with van der Waals surface area (Å²) in [7, 11) is 0. The van der Waals surface area contributed by atoms with Crippen LogP contribution in [-0.2, 0) is 6.42 Å². The normalized spacial score (nSPS) is 20.8. The Balaban J connectivity index is 2.01. The van der Waals surface area contributed by atoms with Gasteiger partial charge in [-0.05, 0) is 43.4 Å². The minimum absolute atomic E-state index is 0.0701. The first kappa shape index (κ1) is 12.5. The lowest BCUT2D eigenvalue weighted by Crippen LogP contribution is -2.11. The number of alkyl halides is 2. The van der Waals surface area contributed by atoms with E-state index in [2.05, 4.69) is 17.4 Å². The Morgan fingerprint density at radius 3 is 2.88 bits per heavy atom. The van der Waals surface area contributed by atoms with Gasteiger partial charge in [-0.3, -0.25) is 0 Å². The molecule has 0 spiro atoms. The maximum atomic E-state index is 12.8. The molecule has 1 heterocycles. The van der Waals surface area contributed by atoms with Gasteiger partial charge in [0.15, 0.2) is 0 Å². The van der Waals surface area contributed by atoms with Crippen molar-refractivity contribution >= 4 is 0 Å². The molecule has 1 saturated heterocycles. The van der Waals surface area contributed by atoms with E-state index in [-0.39, 0.29) is 6.42 Å². The van der Waals surface area contributed by atoms with Gasteiger partial charge in [-0.2, -0.15) is 0 Å². The first-order valence-electron chi connectivity index (χ1n) is 6.22. The molecule has 1 aromatic carbocycles. The van der Waals surface area contributed by atoms with Gasteiger partial charge in [0.05, 0.1) is 0 Å². The van der Waals surface area contributed by atoms with Gasteiger partial charge in [0, 0.05) is 13.0 Å². The summed E-state index contributed by atoms with van der Waals surface area (Å²) in [5.41, 5.74) is 2.31. The van der Waals surface area contributed by atoms with Crippen LogP contribution in [0.1, 0.15) is 36.8 Å². The lowest BCUT2D eigenvalue weighted by Gasteiger charge is -2.12. The number of benzene rings is 1. The fourth-order valence-electron chi connectivity index (χ4n) is 2.31. The molecule has 1 atom stereocenters. The zero-order valence-electron chi connectivity index (χ0n) is 10.2. The van der Waals surface area contributed by atoms with Crippen molar-refractivity contribution in [3.8, 4) is 0 Å². The van der Waals surface area contributed by atoms with E-state index in [1.165, 1.54) is 5.56 Å². The van der Waals surface area contributed by atoms with Crippen LogP contribution in [0.2, 0.25) is 0 Å². The first-order chi connectivity index (χ1) is 8.04. The van der Waals surface area contributed by atoms with Crippen LogP contribution < -0.4 is 5.32 Å². The number of nitrogens with one attached hydrogen (secondary N) is 1. The van der Waals surface area contributed by atoms with E-state index in [0.717, 1.165) is 32.0 Å². The molecule has 0 bridgehead atoms. The van der Waals surface area contributed by atoms with E-state index in [4.69, 9.17) is 0 Å². The van der Waals surface area contributed by atoms with E-state index in [0.29, 0.717) is 12.3 Å². The van der Waals surface area contributed by atoms with E-state index in [1.807, 2.05) is 12.1 Å². The third kappa shape index (κ3) is 3.77. The van der Waals surface area contributed by atoms with Crippen molar-refractivity contribution in [3.05, 3.63) is 35.4 Å². The molecule has 1 aliphatic heterocycles. The number of halogens is 2. The standard InChI is InChI=1S/C14H19F2N/c1-14(15,16)7-5-11-3-2-4-12(9-11)13-6-8-17-10-13/h2-4,9,13,17H,5-8,10H2,1H3. The molecule has 0 saturated carbocycles. The fraction of sp³-hybridized carbons (Fsp3) is 0.571. The monoisotopic (exact) mass is 239 g/mol. The Bertz CT molecular complexity index is 365. The van der Waals surface area contributed by atoms with Crippen LogP contribution in [0.3, 0.4) is 0 Å². The van der Waals surface area contributed by atoms with Crippen molar-refractivity contribution < 1.29 is 8.78 Å². The molecule has 1 aromatic rings. The van der Waals surface area contributed by atoms with Gasteiger partial charge < -0.3 is 5.32 Å². The highest BCUT2D eigenvalue weighted by molar-refractivity contribution is 5.27. The molecule has 1 unspecified atom stereocenters. The zero-order chi connectivity index (χ0) is 12.3. The summed E-state index contributed by atoms with van der Waals surface area (Å²) in [4.78, 5) is 0. The molecule has 1 nitrogen and oxygen atoms in total. The molecule has 2 rings (SSSR count). The van der Waals surface area contributed by atoms with Crippen molar-refractivity contribution in [2.45, 2.75) is 38.0 Å². The maximum Gasteiger partial charge on any atom is 0.245 e. The second-order valence-corrected chi connectivity index (χ2v) is 5.00. The summed E-state index contributed by atoms with van der Waals surface area (Å²) in [6.45, 7) is 3.05. The molecule has 1 fully saturated rings. The third-order valence-electron chi connectivity index (χ3n) is 3.34. The van der Waals surface area contributed by atoms with Crippen molar-refractivity contribution in [2.24, 2.45) is 0 Å². The van der Waals surface area contributed by atoms with Gasteiger partial charge >= 0.3 is 0 Å². The molecule has 1 aliphatic rings. The SMILES string of the molecule is CC(F)(F)CCc1cccc(C2CCNC2)c1. The van der Waals surface area contributed by atoms with E-state index in [1.54, 1.807) is 0 Å². The van der Waals surface area contributed by atoms with Gasteiger partial charge in [-0.25, -0.2) is 8.78 Å². The van der Waals surface area contributed by atoms with Gasteiger partial charge in [-0.1, -0.05) is 24.3 Å². The number of hydrogen-bond acceptors (Lipinski definition) is 1. The molecular weight excluding hydrogens is 220 g/mol. The average Bonchev–Trinajstić information content (AvgIpc) is 2.79.